The highest BCUT2D eigenvalue weighted by Gasteiger charge is 2.57. The number of fused-ring (bicyclic) bond motifs is 1. The maximum atomic E-state index is 13.2. The molecule has 1 aliphatic heterocycles. The van der Waals surface area contributed by atoms with E-state index in [1.165, 1.54) is 10.9 Å². The highest BCUT2D eigenvalue weighted by Crippen LogP contribution is 2.53. The Morgan fingerprint density at radius 3 is 2.56 bits per heavy atom. The molecule has 0 radical (unpaired) electrons. The number of halogens is 1. The van der Waals surface area contributed by atoms with Crippen LogP contribution in [0.4, 0.5) is 5.69 Å². The van der Waals surface area contributed by atoms with Crippen LogP contribution in [0.2, 0.25) is 5.15 Å². The van der Waals surface area contributed by atoms with Crippen LogP contribution in [0.5, 0.6) is 0 Å². The van der Waals surface area contributed by atoms with Crippen molar-refractivity contribution in [2.45, 2.75) is 74.4 Å². The highest BCUT2D eigenvalue weighted by molar-refractivity contribution is 7.91. The minimum Gasteiger partial charge on any atom is -0.387 e. The van der Waals surface area contributed by atoms with Gasteiger partial charge < -0.3 is 39.5 Å². The number of rotatable bonds is 12. The van der Waals surface area contributed by atoms with E-state index in [4.69, 9.17) is 25.8 Å². The lowest BCUT2D eigenvalue weighted by atomic mass is 10.1. The van der Waals surface area contributed by atoms with E-state index in [-0.39, 0.29) is 22.8 Å². The summed E-state index contributed by atoms with van der Waals surface area (Å²) in [6, 6.07) is 1.91. The van der Waals surface area contributed by atoms with Crippen LogP contribution < -0.4 is 10.0 Å². The second kappa shape index (κ2) is 13.1. The quantitative estimate of drug-likeness (QED) is 0.132. The van der Waals surface area contributed by atoms with Crippen LogP contribution >= 0.6 is 19.2 Å². The van der Waals surface area contributed by atoms with Gasteiger partial charge in [-0.15, -0.1) is 4.36 Å². The van der Waals surface area contributed by atoms with Crippen molar-refractivity contribution in [1.29, 1.82) is 0 Å². The lowest BCUT2D eigenvalue weighted by molar-refractivity contribution is -0.149. The number of nitrogens with zero attached hydrogens (tertiary/aromatic N) is 4. The van der Waals surface area contributed by atoms with Crippen LogP contribution in [0.15, 0.2) is 16.6 Å². The summed E-state index contributed by atoms with van der Waals surface area (Å²) in [6.45, 7) is -1.89. The Hall–Kier alpha value is -2.25. The Balaban J connectivity index is 1.38. The summed E-state index contributed by atoms with van der Waals surface area (Å²) in [7, 11) is -8.34. The summed E-state index contributed by atoms with van der Waals surface area (Å²) in [5, 5.41) is 27.1. The van der Waals surface area contributed by atoms with Gasteiger partial charge in [0.1, 0.15) is 33.4 Å². The highest BCUT2D eigenvalue weighted by atomic mass is 35.5. The van der Waals surface area contributed by atoms with Crippen molar-refractivity contribution in [3.05, 3.63) is 17.4 Å². The van der Waals surface area contributed by atoms with Crippen LogP contribution in [0, 0.1) is 5.92 Å². The number of carbonyl (C=O) groups is 2. The number of nitrogens with one attached hydrogen (secondary N) is 2. The molecule has 3 aliphatic rings. The van der Waals surface area contributed by atoms with E-state index in [0.29, 0.717) is 23.9 Å². The Kier molecular flexibility index (Phi) is 9.92. The molecule has 1 unspecified atom stereocenters. The minimum absolute atomic E-state index is 0.145. The van der Waals surface area contributed by atoms with E-state index in [1.54, 1.807) is 6.07 Å². The average Bonchev–Trinajstić information content (AvgIpc) is 3.42. The molecule has 45 heavy (non-hydrogen) atoms. The topological polar surface area (TPSA) is 244 Å². The molecular weight excluding hydrogens is 659 g/mol. The summed E-state index contributed by atoms with van der Waals surface area (Å²) in [5.41, 5.74) is 0.926. The summed E-state index contributed by atoms with van der Waals surface area (Å²) in [5.74, 6) is -2.66. The normalized spacial score (nSPS) is 26.8. The number of methoxy groups -OCH3 is 1. The first-order valence-corrected chi connectivity index (χ1v) is 18.2. The van der Waals surface area contributed by atoms with E-state index < -0.39 is 72.4 Å². The zero-order valence-electron chi connectivity index (χ0n) is 24.4. The molecule has 2 saturated carbocycles. The fourth-order valence-corrected chi connectivity index (χ4v) is 7.54. The van der Waals surface area contributed by atoms with Gasteiger partial charge in [0.05, 0.1) is 30.5 Å². The van der Waals surface area contributed by atoms with Gasteiger partial charge in [-0.1, -0.05) is 24.4 Å². The number of hydrogen-bond donors (Lipinski definition) is 6. The van der Waals surface area contributed by atoms with Gasteiger partial charge in [0, 0.05) is 25.3 Å². The first kappa shape index (κ1) is 34.1. The predicted molar refractivity (Wildman–Crippen MR) is 159 cm³/mol. The SMILES string of the molecule is COC[C@@](OC[C@H]1O[C@@H](n2ncc3c(NC4CCCC4)cc(Cl)nc32)[C@H](O)[C@@H]1O)(C(=O)N=S(C)(=O)NC(=O)C1CC1)P(=O)(O)O. The molecule has 0 aromatic carbocycles. The lowest BCUT2D eigenvalue weighted by Gasteiger charge is -2.31. The molecule has 0 spiro atoms. The van der Waals surface area contributed by atoms with Crippen LogP contribution in [0.3, 0.4) is 0 Å². The minimum atomic E-state index is -5.60. The number of ether oxygens (including phenoxy) is 3. The maximum absolute atomic E-state index is 13.2. The molecule has 3 heterocycles. The van der Waals surface area contributed by atoms with Gasteiger partial charge in [-0.2, -0.15) is 5.10 Å². The number of aliphatic hydroxyl groups is 2. The van der Waals surface area contributed by atoms with Gasteiger partial charge >= 0.3 is 13.5 Å². The van der Waals surface area contributed by atoms with Gasteiger partial charge in [-0.05, 0) is 31.7 Å². The molecule has 6 atom stereocenters. The second-order valence-corrected chi connectivity index (χ2v) is 15.7. The number of anilines is 1. The van der Waals surface area contributed by atoms with Crippen molar-refractivity contribution in [1.82, 2.24) is 19.5 Å². The maximum Gasteiger partial charge on any atom is 0.369 e. The number of pyridine rings is 1. The van der Waals surface area contributed by atoms with E-state index in [0.717, 1.165) is 39.0 Å². The standard InChI is InChI=1S/C25H36ClN6O11PS/c1-41-12-25(44(37,38)39,24(36)31-45(2,40)30-22(35)13-7-8-13)42-11-17-19(33)20(34)23(43-17)32-21-15(10-27-32)16(9-18(26)29-21)28-14-5-3-4-6-14/h9-10,13-14,17,19-20,23,33-34H,3-8,11-12H2,1-2H3,(H,28,29)(H2,37,38,39)(H,30,31,35,36,40)/t17-,19-,20-,23-,25+,45?/m1/s1. The molecule has 20 heteroatoms. The summed E-state index contributed by atoms with van der Waals surface area (Å²) < 4.78 is 48.5. The van der Waals surface area contributed by atoms with Crippen LogP contribution in [0.1, 0.15) is 44.8 Å². The molecule has 2 aromatic rings. The molecule has 2 aliphatic carbocycles. The third-order valence-corrected chi connectivity index (χ3v) is 10.6. The Morgan fingerprint density at radius 2 is 1.93 bits per heavy atom. The van der Waals surface area contributed by atoms with Gasteiger partial charge in [0.15, 0.2) is 11.9 Å². The molecule has 17 nitrogen and oxygen atoms in total. The second-order valence-electron chi connectivity index (χ2n) is 11.5. The summed E-state index contributed by atoms with van der Waals surface area (Å²) in [4.78, 5) is 50.1. The smallest absolute Gasteiger partial charge is 0.369 e. The summed E-state index contributed by atoms with van der Waals surface area (Å²) >= 11 is 6.30. The molecule has 2 aromatic heterocycles. The van der Waals surface area contributed by atoms with Crippen molar-refractivity contribution >= 4 is 57.6 Å². The number of aromatic nitrogens is 3. The Morgan fingerprint density at radius 1 is 1.24 bits per heavy atom. The molecule has 0 bridgehead atoms. The van der Waals surface area contributed by atoms with Crippen molar-refractivity contribution in [2.24, 2.45) is 10.3 Å². The number of amides is 2. The van der Waals surface area contributed by atoms with Gasteiger partial charge in [0.25, 0.3) is 5.34 Å². The van der Waals surface area contributed by atoms with Gasteiger partial charge in [0.2, 0.25) is 5.91 Å². The van der Waals surface area contributed by atoms with Crippen molar-refractivity contribution in [3.63, 3.8) is 0 Å². The zero-order chi connectivity index (χ0) is 32.7. The first-order chi connectivity index (χ1) is 21.2. The Bertz CT molecular complexity index is 1620. The third-order valence-electron chi connectivity index (χ3n) is 7.95. The predicted octanol–water partition coefficient (Wildman–Crippen LogP) is 0.661. The molecular formula is C25H36ClN6O11PS. The zero-order valence-corrected chi connectivity index (χ0v) is 26.9. The van der Waals surface area contributed by atoms with E-state index in [1.807, 2.05) is 0 Å². The van der Waals surface area contributed by atoms with E-state index >= 15 is 0 Å². The molecule has 2 amide bonds. The molecule has 1 saturated heterocycles. The third kappa shape index (κ3) is 7.20. The van der Waals surface area contributed by atoms with Crippen LogP contribution in [0.25, 0.3) is 11.0 Å². The van der Waals surface area contributed by atoms with E-state index in [9.17, 15) is 38.4 Å². The van der Waals surface area contributed by atoms with Crippen molar-refractivity contribution in [3.8, 4) is 0 Å². The van der Waals surface area contributed by atoms with Crippen LogP contribution in [-0.4, -0.2) is 107 Å². The largest absolute Gasteiger partial charge is 0.387 e. The van der Waals surface area contributed by atoms with Crippen molar-refractivity contribution in [2.75, 3.05) is 31.9 Å². The fourth-order valence-electron chi connectivity index (χ4n) is 5.39. The molecule has 3 fully saturated rings. The number of hydrogen-bond acceptors (Lipinski definition) is 12. The lowest BCUT2D eigenvalue weighted by Crippen LogP contribution is -2.48. The number of carbonyl (C=O) groups excluding carboxylic acids is 2. The molecule has 6 N–H and O–H groups in total. The number of aliphatic hydroxyl groups excluding tert-OH is 2. The van der Waals surface area contributed by atoms with Crippen molar-refractivity contribution < 1.29 is 52.6 Å². The molecule has 5 rings (SSSR count). The monoisotopic (exact) mass is 694 g/mol. The van der Waals surface area contributed by atoms with Crippen LogP contribution in [-0.2, 0) is 38.3 Å². The van der Waals surface area contributed by atoms with E-state index in [2.05, 4.69) is 24.5 Å². The van der Waals surface area contributed by atoms with Gasteiger partial charge in [-0.3, -0.25) is 18.9 Å². The molecule has 250 valence electrons. The average molecular weight is 695 g/mol. The summed E-state index contributed by atoms with van der Waals surface area (Å²) in [6.07, 6.45) is 1.68. The Labute approximate surface area is 263 Å². The fraction of sp³-hybridized carbons (Fsp3) is 0.680. The first-order valence-electron chi connectivity index (χ1n) is 14.2. The van der Waals surface area contributed by atoms with Gasteiger partial charge in [-0.25, -0.2) is 13.9 Å².